The molecule has 8 heteroatoms. The molecule has 1 saturated heterocycles. The number of amides is 1. The molecule has 1 amide bonds. The Morgan fingerprint density at radius 3 is 2.89 bits per heavy atom. The zero-order chi connectivity index (χ0) is 19.9. The molecule has 2 aromatic heterocycles. The van der Waals surface area contributed by atoms with Crippen LogP contribution in [0.3, 0.4) is 0 Å². The standard InChI is InChI=1S/C20H23N3O4S/c1-11-15(28-10-23-11)7-26-14-4-3-13-17(16(19(21)25)12(2)27-13)18(14)20(9-24)5-6-22-8-20/h3-4,10,22,24H,5-9H2,1-2H3,(H2,21,25). The lowest BCUT2D eigenvalue weighted by Gasteiger charge is -2.29. The first-order valence-corrected chi connectivity index (χ1v) is 10.0. The Hall–Kier alpha value is -2.42. The van der Waals surface area contributed by atoms with Crippen LogP contribution in [0.1, 0.15) is 38.7 Å². The second kappa shape index (κ2) is 7.20. The monoisotopic (exact) mass is 401 g/mol. The highest BCUT2D eigenvalue weighted by Crippen LogP contribution is 2.44. The normalized spacial score (nSPS) is 19.4. The van der Waals surface area contributed by atoms with Gasteiger partial charge < -0.3 is 25.3 Å². The van der Waals surface area contributed by atoms with Crippen molar-refractivity contribution in [3.63, 3.8) is 0 Å². The summed E-state index contributed by atoms with van der Waals surface area (Å²) in [4.78, 5) is 17.5. The predicted octanol–water partition coefficient (Wildman–Crippen LogP) is 2.41. The second-order valence-electron chi connectivity index (χ2n) is 7.22. The van der Waals surface area contributed by atoms with Crippen molar-refractivity contribution in [3.05, 3.63) is 45.1 Å². The number of benzene rings is 1. The van der Waals surface area contributed by atoms with E-state index in [0.29, 0.717) is 41.2 Å². The third-order valence-electron chi connectivity index (χ3n) is 5.52. The maximum Gasteiger partial charge on any atom is 0.252 e. The molecule has 0 saturated carbocycles. The van der Waals surface area contributed by atoms with E-state index in [-0.39, 0.29) is 6.61 Å². The number of aliphatic hydroxyl groups is 1. The fourth-order valence-corrected chi connectivity index (χ4v) is 4.70. The summed E-state index contributed by atoms with van der Waals surface area (Å²) in [6.07, 6.45) is 0.723. The quantitative estimate of drug-likeness (QED) is 0.585. The Morgan fingerprint density at radius 1 is 1.46 bits per heavy atom. The molecule has 1 aromatic carbocycles. The molecular weight excluding hydrogens is 378 g/mol. The number of thiazole rings is 1. The van der Waals surface area contributed by atoms with Gasteiger partial charge in [0.25, 0.3) is 5.91 Å². The number of rotatable bonds is 6. The van der Waals surface area contributed by atoms with Crippen molar-refractivity contribution in [1.29, 1.82) is 0 Å². The Labute approximate surface area is 166 Å². The van der Waals surface area contributed by atoms with E-state index in [1.54, 1.807) is 18.5 Å². The van der Waals surface area contributed by atoms with Gasteiger partial charge in [-0.3, -0.25) is 4.79 Å². The van der Waals surface area contributed by atoms with Crippen LogP contribution in [0.2, 0.25) is 0 Å². The minimum absolute atomic E-state index is 0.0719. The van der Waals surface area contributed by atoms with Gasteiger partial charge in [-0.2, -0.15) is 0 Å². The molecule has 1 fully saturated rings. The molecule has 4 N–H and O–H groups in total. The molecule has 1 aliphatic rings. The molecule has 1 atom stereocenters. The third-order valence-corrected chi connectivity index (χ3v) is 6.43. The number of hydrogen-bond acceptors (Lipinski definition) is 7. The van der Waals surface area contributed by atoms with Crippen molar-refractivity contribution >= 4 is 28.2 Å². The fourth-order valence-electron chi connectivity index (χ4n) is 4.01. The molecule has 1 unspecified atom stereocenters. The average Bonchev–Trinajstić information content (AvgIpc) is 3.37. The minimum atomic E-state index is -0.571. The second-order valence-corrected chi connectivity index (χ2v) is 8.16. The number of nitrogens with zero attached hydrogens (tertiary/aromatic N) is 1. The van der Waals surface area contributed by atoms with Gasteiger partial charge in [-0.15, -0.1) is 11.3 Å². The number of nitrogens with two attached hydrogens (primary N) is 1. The highest BCUT2D eigenvalue weighted by atomic mass is 32.1. The van der Waals surface area contributed by atoms with Crippen LogP contribution in [0.15, 0.2) is 22.1 Å². The van der Waals surface area contributed by atoms with Crippen LogP contribution < -0.4 is 15.8 Å². The summed E-state index contributed by atoms with van der Waals surface area (Å²) in [6.45, 7) is 5.32. The highest BCUT2D eigenvalue weighted by Gasteiger charge is 2.41. The van der Waals surface area contributed by atoms with E-state index in [4.69, 9.17) is 14.9 Å². The number of ether oxygens (including phenoxy) is 1. The van der Waals surface area contributed by atoms with Gasteiger partial charge in [0.15, 0.2) is 0 Å². The van der Waals surface area contributed by atoms with Crippen LogP contribution in [0.5, 0.6) is 5.75 Å². The van der Waals surface area contributed by atoms with Gasteiger partial charge in [0.2, 0.25) is 0 Å². The number of primary amides is 1. The molecule has 4 rings (SSSR count). The largest absolute Gasteiger partial charge is 0.488 e. The van der Waals surface area contributed by atoms with Crippen LogP contribution in [0.4, 0.5) is 0 Å². The van der Waals surface area contributed by atoms with Crippen LogP contribution in [-0.2, 0) is 12.0 Å². The number of furan rings is 1. The van der Waals surface area contributed by atoms with Crippen molar-refractivity contribution in [3.8, 4) is 5.75 Å². The smallest absolute Gasteiger partial charge is 0.252 e. The summed E-state index contributed by atoms with van der Waals surface area (Å²) < 4.78 is 12.0. The summed E-state index contributed by atoms with van der Waals surface area (Å²) in [5.41, 5.74) is 9.53. The van der Waals surface area contributed by atoms with E-state index in [2.05, 4.69) is 10.3 Å². The first kappa shape index (κ1) is 18.9. The van der Waals surface area contributed by atoms with Crippen LogP contribution in [0, 0.1) is 13.8 Å². The third kappa shape index (κ3) is 2.97. The molecular formula is C20H23N3O4S. The number of aromatic nitrogens is 1. The molecule has 148 valence electrons. The van der Waals surface area contributed by atoms with Crippen LogP contribution in [-0.4, -0.2) is 35.7 Å². The molecule has 0 radical (unpaired) electrons. The van der Waals surface area contributed by atoms with Crippen LogP contribution >= 0.6 is 11.3 Å². The number of aliphatic hydroxyl groups excluding tert-OH is 1. The van der Waals surface area contributed by atoms with Crippen molar-refractivity contribution < 1.29 is 19.1 Å². The summed E-state index contributed by atoms with van der Waals surface area (Å²) in [5, 5.41) is 14.3. The van der Waals surface area contributed by atoms with E-state index in [9.17, 15) is 9.90 Å². The van der Waals surface area contributed by atoms with E-state index >= 15 is 0 Å². The van der Waals surface area contributed by atoms with Gasteiger partial charge in [-0.05, 0) is 38.9 Å². The summed E-state index contributed by atoms with van der Waals surface area (Å²) in [6, 6.07) is 3.64. The summed E-state index contributed by atoms with van der Waals surface area (Å²) >= 11 is 1.54. The lowest BCUT2D eigenvalue weighted by atomic mass is 9.77. The van der Waals surface area contributed by atoms with E-state index in [0.717, 1.165) is 29.1 Å². The Balaban J connectivity index is 1.91. The maximum absolute atomic E-state index is 12.2. The van der Waals surface area contributed by atoms with E-state index in [1.807, 2.05) is 13.0 Å². The Bertz CT molecular complexity index is 1030. The van der Waals surface area contributed by atoms with Crippen molar-refractivity contribution in [2.75, 3.05) is 19.7 Å². The molecule has 0 aliphatic carbocycles. The predicted molar refractivity (Wildman–Crippen MR) is 107 cm³/mol. The lowest BCUT2D eigenvalue weighted by molar-refractivity contribution is 0.1000. The molecule has 1 aliphatic heterocycles. The molecule has 3 heterocycles. The summed E-state index contributed by atoms with van der Waals surface area (Å²) in [7, 11) is 0. The zero-order valence-electron chi connectivity index (χ0n) is 15.9. The first-order chi connectivity index (χ1) is 13.5. The van der Waals surface area contributed by atoms with Crippen molar-refractivity contribution in [2.45, 2.75) is 32.3 Å². The lowest BCUT2D eigenvalue weighted by Crippen LogP contribution is -2.34. The highest BCUT2D eigenvalue weighted by molar-refractivity contribution is 7.09. The van der Waals surface area contributed by atoms with E-state index in [1.165, 1.54) is 11.3 Å². The van der Waals surface area contributed by atoms with Crippen molar-refractivity contribution in [1.82, 2.24) is 10.3 Å². The molecule has 0 bridgehead atoms. The topological polar surface area (TPSA) is 111 Å². The molecule has 0 spiro atoms. The van der Waals surface area contributed by atoms with Crippen molar-refractivity contribution in [2.24, 2.45) is 5.73 Å². The van der Waals surface area contributed by atoms with E-state index < -0.39 is 11.3 Å². The number of aryl methyl sites for hydroxylation is 2. The number of fused-ring (bicyclic) bond motifs is 1. The Kier molecular flexibility index (Phi) is 4.86. The summed E-state index contributed by atoms with van der Waals surface area (Å²) in [5.74, 6) is 0.548. The number of nitrogens with one attached hydrogen (secondary N) is 1. The molecule has 28 heavy (non-hydrogen) atoms. The number of carbonyl (C=O) groups excluding carboxylic acids is 1. The van der Waals surface area contributed by atoms with Gasteiger partial charge in [0, 0.05) is 22.9 Å². The van der Waals surface area contributed by atoms with Gasteiger partial charge in [-0.25, -0.2) is 4.98 Å². The van der Waals surface area contributed by atoms with Crippen LogP contribution in [0.25, 0.3) is 11.0 Å². The SMILES string of the molecule is Cc1ncsc1COc1ccc2oc(C)c(C(N)=O)c2c1C1(CO)CCNC1. The first-order valence-electron chi connectivity index (χ1n) is 9.16. The van der Waals surface area contributed by atoms with Gasteiger partial charge >= 0.3 is 0 Å². The average molecular weight is 401 g/mol. The maximum atomic E-state index is 12.2. The number of carbonyl (C=O) groups is 1. The minimum Gasteiger partial charge on any atom is -0.488 e. The van der Waals surface area contributed by atoms with Gasteiger partial charge in [-0.1, -0.05) is 0 Å². The fraction of sp³-hybridized carbons (Fsp3) is 0.400. The number of hydrogen-bond donors (Lipinski definition) is 3. The molecule has 3 aromatic rings. The van der Waals surface area contributed by atoms with Gasteiger partial charge in [0.1, 0.15) is 23.7 Å². The van der Waals surface area contributed by atoms with Gasteiger partial charge in [0.05, 0.1) is 28.3 Å². The Morgan fingerprint density at radius 2 is 2.29 bits per heavy atom. The zero-order valence-corrected chi connectivity index (χ0v) is 16.7. The molecule has 7 nitrogen and oxygen atoms in total.